The van der Waals surface area contributed by atoms with Gasteiger partial charge in [-0.15, -0.1) is 0 Å². The number of nitrogens with zero attached hydrogens (tertiary/aromatic N) is 1. The molecule has 1 aliphatic heterocycles. The minimum Gasteiger partial charge on any atom is -0.507 e. The largest absolute Gasteiger partial charge is 0.507 e. The van der Waals surface area contributed by atoms with Gasteiger partial charge in [0.2, 0.25) is 5.91 Å². The van der Waals surface area contributed by atoms with Crippen molar-refractivity contribution in [3.05, 3.63) is 94.0 Å². The predicted molar refractivity (Wildman–Crippen MR) is 139 cm³/mol. The van der Waals surface area contributed by atoms with Gasteiger partial charge in [0, 0.05) is 23.9 Å². The zero-order chi connectivity index (χ0) is 26.0. The van der Waals surface area contributed by atoms with Crippen LogP contribution in [0.5, 0.6) is 5.75 Å². The lowest BCUT2D eigenvalue weighted by atomic mass is 9.94. The molecule has 1 fully saturated rings. The predicted octanol–water partition coefficient (Wildman–Crippen LogP) is 5.50. The lowest BCUT2D eigenvalue weighted by Crippen LogP contribution is -2.29. The van der Waals surface area contributed by atoms with E-state index in [0.717, 1.165) is 12.0 Å². The molecule has 1 heterocycles. The first-order valence-corrected chi connectivity index (χ1v) is 11.7. The Labute approximate surface area is 214 Å². The Morgan fingerprint density at radius 2 is 1.72 bits per heavy atom. The van der Waals surface area contributed by atoms with Crippen molar-refractivity contribution < 1.29 is 24.2 Å². The van der Waals surface area contributed by atoms with Gasteiger partial charge < -0.3 is 15.2 Å². The molecule has 0 saturated carbocycles. The van der Waals surface area contributed by atoms with Gasteiger partial charge in [-0.1, -0.05) is 42.8 Å². The first-order valence-electron chi connectivity index (χ1n) is 11.4. The molecule has 0 spiro atoms. The summed E-state index contributed by atoms with van der Waals surface area (Å²) >= 11 is 6.36. The summed E-state index contributed by atoms with van der Waals surface area (Å²) in [4.78, 5) is 39.4. The number of benzene rings is 3. The van der Waals surface area contributed by atoms with Gasteiger partial charge in [0.25, 0.3) is 11.7 Å². The van der Waals surface area contributed by atoms with E-state index in [1.54, 1.807) is 36.4 Å². The number of hydrogen-bond donors (Lipinski definition) is 2. The summed E-state index contributed by atoms with van der Waals surface area (Å²) in [6.07, 6.45) is 0.824. The lowest BCUT2D eigenvalue weighted by Gasteiger charge is -2.26. The topological polar surface area (TPSA) is 95.9 Å². The van der Waals surface area contributed by atoms with Gasteiger partial charge in [0.1, 0.15) is 11.5 Å². The molecule has 3 aromatic rings. The number of hydrogen-bond acceptors (Lipinski definition) is 5. The number of Topliss-reactive ketones (excluding diaryl/α,β-unsaturated/α-hetero) is 1. The number of aliphatic hydroxyl groups excluding tert-OH is 1. The monoisotopic (exact) mass is 504 g/mol. The maximum atomic E-state index is 13.3. The van der Waals surface area contributed by atoms with Crippen molar-refractivity contribution >= 4 is 46.3 Å². The summed E-state index contributed by atoms with van der Waals surface area (Å²) in [6.45, 7) is 3.43. The molecular weight excluding hydrogens is 480 g/mol. The maximum absolute atomic E-state index is 13.3. The number of carbonyl (C=O) groups excluding carboxylic acids is 3. The average Bonchev–Trinajstić information content (AvgIpc) is 3.14. The Morgan fingerprint density at radius 3 is 2.31 bits per heavy atom. The Kier molecular flexibility index (Phi) is 7.12. The van der Waals surface area contributed by atoms with E-state index in [1.807, 2.05) is 31.2 Å². The normalized spacial score (nSPS) is 16.8. The van der Waals surface area contributed by atoms with Gasteiger partial charge in [-0.25, -0.2) is 0 Å². The van der Waals surface area contributed by atoms with Crippen LogP contribution >= 0.6 is 11.6 Å². The number of methoxy groups -OCH3 is 1. The van der Waals surface area contributed by atoms with E-state index in [1.165, 1.54) is 25.0 Å². The second-order valence-corrected chi connectivity index (χ2v) is 8.75. The molecule has 2 N–H and O–H groups in total. The molecule has 3 aromatic carbocycles. The van der Waals surface area contributed by atoms with Gasteiger partial charge >= 0.3 is 0 Å². The highest BCUT2D eigenvalue weighted by Crippen LogP contribution is 2.43. The fourth-order valence-corrected chi connectivity index (χ4v) is 4.42. The van der Waals surface area contributed by atoms with Crippen LogP contribution < -0.4 is 15.0 Å². The van der Waals surface area contributed by atoms with Crippen molar-refractivity contribution in [1.82, 2.24) is 0 Å². The van der Waals surface area contributed by atoms with Gasteiger partial charge in [-0.3, -0.25) is 19.3 Å². The third kappa shape index (κ3) is 4.70. The summed E-state index contributed by atoms with van der Waals surface area (Å²) in [5, 5.41) is 14.2. The molecule has 8 heteroatoms. The third-order valence-corrected chi connectivity index (χ3v) is 6.37. The number of nitrogens with one attached hydrogen (secondary N) is 1. The molecule has 184 valence electrons. The molecule has 0 radical (unpaired) electrons. The number of aliphatic hydroxyl groups is 1. The number of rotatable bonds is 6. The molecule has 36 heavy (non-hydrogen) atoms. The molecular formula is C28H25ClN2O5. The zero-order valence-electron chi connectivity index (χ0n) is 20.0. The Bertz CT molecular complexity index is 1360. The van der Waals surface area contributed by atoms with Crippen molar-refractivity contribution in [2.45, 2.75) is 26.3 Å². The molecule has 1 aliphatic rings. The highest BCUT2D eigenvalue weighted by atomic mass is 35.5. The zero-order valence-corrected chi connectivity index (χ0v) is 20.8. The molecule has 7 nitrogen and oxygen atoms in total. The van der Waals surface area contributed by atoms with Crippen LogP contribution in [-0.4, -0.2) is 29.8 Å². The smallest absolute Gasteiger partial charge is 0.300 e. The highest BCUT2D eigenvalue weighted by Gasteiger charge is 2.47. The second kappa shape index (κ2) is 10.3. The van der Waals surface area contributed by atoms with Crippen LogP contribution in [0.3, 0.4) is 0 Å². The van der Waals surface area contributed by atoms with Crippen LogP contribution in [0, 0.1) is 0 Å². The third-order valence-electron chi connectivity index (χ3n) is 6.04. The number of aryl methyl sites for hydroxylation is 1. The van der Waals surface area contributed by atoms with E-state index in [-0.39, 0.29) is 27.8 Å². The molecule has 0 aromatic heterocycles. The summed E-state index contributed by atoms with van der Waals surface area (Å²) in [5.41, 5.74) is 2.83. The number of amides is 2. The fraction of sp³-hybridized carbons (Fsp3) is 0.179. The van der Waals surface area contributed by atoms with Crippen molar-refractivity contribution in [2.24, 2.45) is 0 Å². The minimum atomic E-state index is -0.898. The van der Waals surface area contributed by atoms with E-state index in [2.05, 4.69) is 5.32 Å². The Hall–Kier alpha value is -4.10. The van der Waals surface area contributed by atoms with Crippen molar-refractivity contribution in [1.29, 1.82) is 0 Å². The maximum Gasteiger partial charge on any atom is 0.300 e. The quantitative estimate of drug-likeness (QED) is 0.263. The van der Waals surface area contributed by atoms with Gasteiger partial charge in [-0.2, -0.15) is 0 Å². The average molecular weight is 505 g/mol. The molecule has 0 aliphatic carbocycles. The van der Waals surface area contributed by atoms with Crippen molar-refractivity contribution in [3.63, 3.8) is 0 Å². The second-order valence-electron chi connectivity index (χ2n) is 8.34. The number of halogens is 1. The molecule has 0 bridgehead atoms. The van der Waals surface area contributed by atoms with Crippen molar-refractivity contribution in [3.8, 4) is 5.75 Å². The lowest BCUT2D eigenvalue weighted by molar-refractivity contribution is -0.132. The van der Waals surface area contributed by atoms with Crippen LogP contribution in [-0.2, 0) is 20.8 Å². The molecule has 2 amide bonds. The van der Waals surface area contributed by atoms with Crippen LogP contribution in [0.15, 0.2) is 72.3 Å². The SMILES string of the molecule is CCc1ccc(C2/C(=C(\O)c3cc(OC)ccc3Cl)C(=O)C(=O)N2c2ccc(NC(C)=O)cc2)cc1. The van der Waals surface area contributed by atoms with Crippen LogP contribution in [0.4, 0.5) is 11.4 Å². The van der Waals surface area contributed by atoms with Gasteiger partial charge in [-0.05, 0) is 60.0 Å². The number of carbonyl (C=O) groups is 3. The van der Waals surface area contributed by atoms with Crippen LogP contribution in [0.2, 0.25) is 5.02 Å². The van der Waals surface area contributed by atoms with Gasteiger partial charge in [0.15, 0.2) is 0 Å². The first-order chi connectivity index (χ1) is 17.2. The van der Waals surface area contributed by atoms with Gasteiger partial charge in [0.05, 0.1) is 23.7 Å². The van der Waals surface area contributed by atoms with E-state index in [0.29, 0.717) is 22.7 Å². The van der Waals surface area contributed by atoms with E-state index < -0.39 is 17.7 Å². The molecule has 4 rings (SSSR count). The van der Waals surface area contributed by atoms with E-state index in [4.69, 9.17) is 16.3 Å². The summed E-state index contributed by atoms with van der Waals surface area (Å²) < 4.78 is 5.25. The Morgan fingerprint density at radius 1 is 1.06 bits per heavy atom. The Balaban J connectivity index is 1.90. The molecule has 1 saturated heterocycles. The molecule has 1 atom stereocenters. The standard InChI is InChI=1S/C28H25ClN2O5/c1-4-17-5-7-18(8-6-17)25-24(26(33)22-15-21(36-3)13-14-23(22)29)27(34)28(35)31(25)20-11-9-19(10-12-20)30-16(2)32/h5-15,25,33H,4H2,1-3H3,(H,30,32)/b26-24+. The minimum absolute atomic E-state index is 0.0784. The fourth-order valence-electron chi connectivity index (χ4n) is 4.22. The number of anilines is 2. The summed E-state index contributed by atoms with van der Waals surface area (Å²) in [7, 11) is 1.48. The number of ether oxygens (including phenoxy) is 1. The van der Waals surface area contributed by atoms with Crippen LogP contribution in [0.25, 0.3) is 5.76 Å². The van der Waals surface area contributed by atoms with Crippen molar-refractivity contribution in [2.75, 3.05) is 17.3 Å². The van der Waals surface area contributed by atoms with E-state index >= 15 is 0 Å². The number of ketones is 1. The summed E-state index contributed by atoms with van der Waals surface area (Å²) in [5.74, 6) is -1.80. The first kappa shape index (κ1) is 25.0. The highest BCUT2D eigenvalue weighted by molar-refractivity contribution is 6.52. The van der Waals surface area contributed by atoms with Crippen LogP contribution in [0.1, 0.15) is 36.6 Å². The summed E-state index contributed by atoms with van der Waals surface area (Å²) in [6, 6.07) is 17.9. The molecule has 1 unspecified atom stereocenters. The van der Waals surface area contributed by atoms with E-state index in [9.17, 15) is 19.5 Å².